The third-order valence-electron chi connectivity index (χ3n) is 15.1. The van der Waals surface area contributed by atoms with Crippen molar-refractivity contribution in [1.82, 2.24) is 0 Å². The summed E-state index contributed by atoms with van der Waals surface area (Å²) in [5, 5.41) is 2.25. The standard InChI is InChI=1S/C61H46O2/c1-59(2)49-27-39(35-15-19-37(20-16-35)57-29-41-11-7-9-13-55(41)62-57)23-25-43(49)45-31-53-47(33-51(45)59)48-34-52-46(32-54(48)61(53,5)6)44-26-24-40(28-50(44)60(52,3)4)36-17-21-38(22-18-36)58-30-42-12-8-10-14-56(42)63-58/h7-34H,1-6H3. The van der Waals surface area contributed by atoms with Crippen LogP contribution in [0.25, 0.3) is 100 Å². The lowest BCUT2D eigenvalue weighted by atomic mass is 9.78. The van der Waals surface area contributed by atoms with Crippen LogP contribution in [0.15, 0.2) is 179 Å². The van der Waals surface area contributed by atoms with E-state index in [-0.39, 0.29) is 16.2 Å². The van der Waals surface area contributed by atoms with Crippen LogP contribution in [0.5, 0.6) is 0 Å². The summed E-state index contributed by atoms with van der Waals surface area (Å²) in [4.78, 5) is 0. The van der Waals surface area contributed by atoms with E-state index >= 15 is 0 Å². The van der Waals surface area contributed by atoms with Crippen molar-refractivity contribution in [2.75, 3.05) is 0 Å². The van der Waals surface area contributed by atoms with Crippen molar-refractivity contribution in [2.24, 2.45) is 0 Å². The minimum atomic E-state index is -0.149. The van der Waals surface area contributed by atoms with Crippen LogP contribution in [-0.4, -0.2) is 0 Å². The number of fused-ring (bicyclic) bond motifs is 11. The number of furan rings is 2. The Kier molecular flexibility index (Phi) is 7.23. The van der Waals surface area contributed by atoms with Gasteiger partial charge in [-0.2, -0.15) is 0 Å². The molecule has 2 heterocycles. The van der Waals surface area contributed by atoms with Crippen LogP contribution in [0.1, 0.15) is 74.9 Å². The number of hydrogen-bond acceptors (Lipinski definition) is 2. The number of rotatable bonds is 4. The summed E-state index contributed by atoms with van der Waals surface area (Å²) in [6.45, 7) is 14.5. The Bertz CT molecular complexity index is 3260. The van der Waals surface area contributed by atoms with Crippen molar-refractivity contribution >= 4 is 21.9 Å². The molecule has 0 bridgehead atoms. The smallest absolute Gasteiger partial charge is 0.135 e. The lowest BCUT2D eigenvalue weighted by Crippen LogP contribution is -2.17. The van der Waals surface area contributed by atoms with Gasteiger partial charge in [0.1, 0.15) is 22.7 Å². The van der Waals surface area contributed by atoms with E-state index in [4.69, 9.17) is 8.83 Å². The summed E-state index contributed by atoms with van der Waals surface area (Å²) < 4.78 is 12.4. The maximum Gasteiger partial charge on any atom is 0.135 e. The molecular weight excluding hydrogens is 765 g/mol. The van der Waals surface area contributed by atoms with Crippen molar-refractivity contribution in [3.05, 3.63) is 203 Å². The van der Waals surface area contributed by atoms with Gasteiger partial charge in [0.25, 0.3) is 0 Å². The maximum atomic E-state index is 6.18. The average molecular weight is 811 g/mol. The van der Waals surface area contributed by atoms with Gasteiger partial charge in [-0.25, -0.2) is 0 Å². The number of benzene rings is 8. The molecule has 0 atom stereocenters. The largest absolute Gasteiger partial charge is 0.456 e. The molecule has 0 N–H and O–H groups in total. The Hall–Kier alpha value is -7.16. The van der Waals surface area contributed by atoms with Gasteiger partial charge in [0, 0.05) is 38.1 Å². The third-order valence-corrected chi connectivity index (χ3v) is 15.1. The van der Waals surface area contributed by atoms with Crippen molar-refractivity contribution in [3.63, 3.8) is 0 Å². The molecule has 0 amide bonds. The zero-order valence-corrected chi connectivity index (χ0v) is 36.5. The van der Waals surface area contributed by atoms with Crippen LogP contribution < -0.4 is 0 Å². The molecule has 0 saturated carbocycles. The Morgan fingerprint density at radius 2 is 0.571 bits per heavy atom. The van der Waals surface area contributed by atoms with Crippen LogP contribution >= 0.6 is 0 Å². The molecule has 3 aliphatic rings. The highest BCUT2D eigenvalue weighted by atomic mass is 16.3. The first-order valence-corrected chi connectivity index (χ1v) is 22.3. The molecule has 0 saturated heterocycles. The van der Waals surface area contributed by atoms with Gasteiger partial charge < -0.3 is 8.83 Å². The normalized spacial score (nSPS) is 15.5. The zero-order valence-electron chi connectivity index (χ0n) is 36.5. The fourth-order valence-corrected chi connectivity index (χ4v) is 11.4. The summed E-state index contributed by atoms with van der Waals surface area (Å²) in [6.07, 6.45) is 0. The lowest BCUT2D eigenvalue weighted by Gasteiger charge is -2.25. The summed E-state index contributed by atoms with van der Waals surface area (Å²) >= 11 is 0. The molecule has 13 rings (SSSR count). The van der Waals surface area contributed by atoms with Gasteiger partial charge in [-0.1, -0.05) is 151 Å². The van der Waals surface area contributed by atoms with Crippen LogP contribution in [0.4, 0.5) is 0 Å². The van der Waals surface area contributed by atoms with Crippen LogP contribution in [0, 0.1) is 0 Å². The van der Waals surface area contributed by atoms with E-state index in [1.54, 1.807) is 0 Å². The van der Waals surface area contributed by atoms with Gasteiger partial charge in [0.05, 0.1) is 0 Å². The fraction of sp³-hybridized carbons (Fsp3) is 0.148. The first-order chi connectivity index (χ1) is 30.4. The monoisotopic (exact) mass is 810 g/mol. The second-order valence-electron chi connectivity index (χ2n) is 19.7. The minimum Gasteiger partial charge on any atom is -0.456 e. The van der Waals surface area contributed by atoms with Crippen molar-refractivity contribution in [1.29, 1.82) is 0 Å². The minimum absolute atomic E-state index is 0.141. The highest BCUT2D eigenvalue weighted by Crippen LogP contribution is 2.59. The second-order valence-corrected chi connectivity index (χ2v) is 19.7. The summed E-state index contributed by atoms with van der Waals surface area (Å²) in [7, 11) is 0. The molecule has 2 nitrogen and oxygen atoms in total. The van der Waals surface area contributed by atoms with E-state index in [1.807, 2.05) is 24.3 Å². The molecule has 0 unspecified atom stereocenters. The molecule has 63 heavy (non-hydrogen) atoms. The Balaban J connectivity index is 0.829. The molecule has 8 aromatic carbocycles. The van der Waals surface area contributed by atoms with Gasteiger partial charge >= 0.3 is 0 Å². The van der Waals surface area contributed by atoms with E-state index in [1.165, 1.54) is 89.0 Å². The Morgan fingerprint density at radius 1 is 0.270 bits per heavy atom. The van der Waals surface area contributed by atoms with E-state index in [9.17, 15) is 0 Å². The zero-order chi connectivity index (χ0) is 42.6. The number of para-hydroxylation sites is 2. The van der Waals surface area contributed by atoms with Crippen molar-refractivity contribution in [3.8, 4) is 78.3 Å². The Morgan fingerprint density at radius 3 is 0.937 bits per heavy atom. The molecule has 0 fully saturated rings. The van der Waals surface area contributed by atoms with Crippen molar-refractivity contribution < 1.29 is 8.83 Å². The van der Waals surface area contributed by atoms with Gasteiger partial charge in [-0.05, 0) is 150 Å². The van der Waals surface area contributed by atoms with E-state index in [2.05, 4.69) is 187 Å². The van der Waals surface area contributed by atoms with E-state index in [0.717, 1.165) is 44.6 Å². The average Bonchev–Trinajstić information content (AvgIpc) is 4.08. The second kappa shape index (κ2) is 12.5. The van der Waals surface area contributed by atoms with Crippen LogP contribution in [0.3, 0.4) is 0 Å². The Labute approximate surface area is 368 Å². The molecular formula is C61H46O2. The van der Waals surface area contributed by atoms with E-state index < -0.39 is 0 Å². The molecule has 302 valence electrons. The van der Waals surface area contributed by atoms with Crippen molar-refractivity contribution in [2.45, 2.75) is 57.8 Å². The van der Waals surface area contributed by atoms with E-state index in [0.29, 0.717) is 0 Å². The van der Waals surface area contributed by atoms with Gasteiger partial charge in [0.2, 0.25) is 0 Å². The topological polar surface area (TPSA) is 26.3 Å². The molecule has 0 aliphatic heterocycles. The fourth-order valence-electron chi connectivity index (χ4n) is 11.4. The van der Waals surface area contributed by atoms with Crippen LogP contribution in [-0.2, 0) is 16.2 Å². The lowest BCUT2D eigenvalue weighted by molar-refractivity contribution is 0.631. The predicted octanol–water partition coefficient (Wildman–Crippen LogP) is 16.8. The molecule has 2 heteroatoms. The summed E-state index contributed by atoms with van der Waals surface area (Å²) in [5.41, 5.74) is 25.2. The molecule has 0 spiro atoms. The molecule has 10 aromatic rings. The SMILES string of the molecule is CC1(C)c2cc(-c3ccc(-c4cc5ccccc5o4)cc3)ccc2-c2cc3c(cc21)-c1cc2c(cc1C3(C)C)-c1ccc(-c3ccc(-c4cc5ccccc5o4)cc3)cc1C2(C)C. The molecule has 0 radical (unpaired) electrons. The highest BCUT2D eigenvalue weighted by molar-refractivity contribution is 5.94. The van der Waals surface area contributed by atoms with Gasteiger partial charge in [-0.3, -0.25) is 0 Å². The first kappa shape index (κ1) is 36.5. The quantitative estimate of drug-likeness (QED) is 0.177. The summed E-state index contributed by atoms with van der Waals surface area (Å²) in [6, 6.07) is 62.7. The first-order valence-electron chi connectivity index (χ1n) is 22.3. The number of hydrogen-bond donors (Lipinski definition) is 0. The predicted molar refractivity (Wildman–Crippen MR) is 260 cm³/mol. The molecule has 3 aliphatic carbocycles. The van der Waals surface area contributed by atoms with Gasteiger partial charge in [0.15, 0.2) is 0 Å². The van der Waals surface area contributed by atoms with Gasteiger partial charge in [-0.15, -0.1) is 0 Å². The highest BCUT2D eigenvalue weighted by Gasteiger charge is 2.44. The maximum absolute atomic E-state index is 6.18. The molecule has 2 aromatic heterocycles. The summed E-state index contributed by atoms with van der Waals surface area (Å²) in [5.74, 6) is 1.80. The third kappa shape index (κ3) is 5.13. The van der Waals surface area contributed by atoms with Crippen LogP contribution in [0.2, 0.25) is 0 Å².